The predicted molar refractivity (Wildman–Crippen MR) is 67.2 cm³/mol. The smallest absolute Gasteiger partial charge is 0.235 e. The van der Waals surface area contributed by atoms with Crippen LogP contribution in [0.15, 0.2) is 0 Å². The van der Waals surface area contributed by atoms with E-state index >= 15 is 0 Å². The van der Waals surface area contributed by atoms with Crippen LogP contribution in [0, 0.1) is 5.41 Å². The van der Waals surface area contributed by atoms with Crippen molar-refractivity contribution >= 4 is 23.1 Å². The zero-order chi connectivity index (χ0) is 12.3. The van der Waals surface area contributed by atoms with Crippen molar-refractivity contribution in [3.8, 4) is 0 Å². The molecule has 1 amide bonds. The molecule has 1 unspecified atom stereocenters. The lowest BCUT2D eigenvalue weighted by Crippen LogP contribution is -2.55. The van der Waals surface area contributed by atoms with Gasteiger partial charge in [0.1, 0.15) is 0 Å². The lowest BCUT2D eigenvalue weighted by atomic mass is 9.90. The van der Waals surface area contributed by atoms with Gasteiger partial charge in [-0.25, -0.2) is 0 Å². The van der Waals surface area contributed by atoms with Crippen molar-refractivity contribution in [1.29, 1.82) is 0 Å². The fourth-order valence-electron chi connectivity index (χ4n) is 1.72. The summed E-state index contributed by atoms with van der Waals surface area (Å²) < 4.78 is 5.37. The summed E-state index contributed by atoms with van der Waals surface area (Å²) in [7, 11) is 0. The molecule has 1 aliphatic rings. The quantitative estimate of drug-likeness (QED) is 0.751. The molecule has 0 aromatic carbocycles. The average Bonchev–Trinajstić information content (AvgIpc) is 2.27. The minimum atomic E-state index is -0.764. The number of carbonyl (C=O) groups excluding carboxylic acids is 1. The van der Waals surface area contributed by atoms with E-state index in [4.69, 9.17) is 22.7 Å². The molecule has 2 N–H and O–H groups in total. The van der Waals surface area contributed by atoms with Gasteiger partial charge in [-0.15, -0.1) is 0 Å². The van der Waals surface area contributed by atoms with Gasteiger partial charge in [-0.2, -0.15) is 0 Å². The van der Waals surface area contributed by atoms with Crippen LogP contribution >= 0.6 is 12.2 Å². The molecule has 0 aliphatic carbocycles. The molecule has 92 valence electrons. The third-order valence-corrected chi connectivity index (χ3v) is 3.62. The predicted octanol–water partition coefficient (Wildman–Crippen LogP) is 0.936. The summed E-state index contributed by atoms with van der Waals surface area (Å²) >= 11 is 4.95. The maximum Gasteiger partial charge on any atom is 0.235 e. The second-order valence-corrected chi connectivity index (χ2v) is 5.06. The van der Waals surface area contributed by atoms with Crippen LogP contribution in [0.1, 0.15) is 27.2 Å². The van der Waals surface area contributed by atoms with Crippen LogP contribution in [0.3, 0.4) is 0 Å². The van der Waals surface area contributed by atoms with Gasteiger partial charge in [0, 0.05) is 6.54 Å². The Morgan fingerprint density at radius 1 is 1.62 bits per heavy atom. The van der Waals surface area contributed by atoms with E-state index < -0.39 is 5.41 Å². The highest BCUT2D eigenvalue weighted by Crippen LogP contribution is 2.23. The first-order chi connectivity index (χ1) is 7.41. The summed E-state index contributed by atoms with van der Waals surface area (Å²) in [6.45, 7) is 7.43. The highest BCUT2D eigenvalue weighted by atomic mass is 32.1. The molecule has 1 heterocycles. The Bertz CT molecular complexity index is 292. The summed E-state index contributed by atoms with van der Waals surface area (Å²) in [6.07, 6.45) is 0.888. The second kappa shape index (κ2) is 5.10. The first kappa shape index (κ1) is 13.4. The molecule has 4 nitrogen and oxygen atoms in total. The first-order valence-electron chi connectivity index (χ1n) is 5.60. The van der Waals surface area contributed by atoms with E-state index in [-0.39, 0.29) is 16.9 Å². The Balaban J connectivity index is 2.82. The number of hydrogen-bond donors (Lipinski definition) is 1. The molecule has 1 fully saturated rings. The zero-order valence-electron chi connectivity index (χ0n) is 10.2. The van der Waals surface area contributed by atoms with Crippen molar-refractivity contribution in [3.63, 3.8) is 0 Å². The highest BCUT2D eigenvalue weighted by molar-refractivity contribution is 7.80. The van der Waals surface area contributed by atoms with Crippen molar-refractivity contribution < 1.29 is 9.53 Å². The van der Waals surface area contributed by atoms with Gasteiger partial charge in [-0.3, -0.25) is 4.79 Å². The number of ether oxygens (including phenoxy) is 1. The van der Waals surface area contributed by atoms with Gasteiger partial charge >= 0.3 is 0 Å². The van der Waals surface area contributed by atoms with Crippen molar-refractivity contribution in [1.82, 2.24) is 4.90 Å². The molecule has 16 heavy (non-hydrogen) atoms. The fraction of sp³-hybridized carbons (Fsp3) is 0.818. The Morgan fingerprint density at radius 3 is 2.75 bits per heavy atom. The van der Waals surface area contributed by atoms with Gasteiger partial charge in [0.05, 0.1) is 29.7 Å². The van der Waals surface area contributed by atoms with Crippen molar-refractivity contribution in [2.24, 2.45) is 11.1 Å². The SMILES string of the molecule is CCC1COCCN1C(=O)C(C)(C)C(N)=S. The standard InChI is InChI=1S/C11H20N2O2S/c1-4-8-7-15-6-5-13(8)10(14)11(2,3)9(12)16/h8H,4-7H2,1-3H3,(H2,12,16). The molecule has 0 aromatic heterocycles. The molecule has 1 rings (SSSR count). The van der Waals surface area contributed by atoms with Crippen molar-refractivity contribution in [3.05, 3.63) is 0 Å². The van der Waals surface area contributed by atoms with E-state index in [1.54, 1.807) is 13.8 Å². The summed E-state index contributed by atoms with van der Waals surface area (Å²) in [5.41, 5.74) is 4.85. The molecular weight excluding hydrogens is 224 g/mol. The molecule has 0 saturated carbocycles. The zero-order valence-corrected chi connectivity index (χ0v) is 11.0. The van der Waals surface area contributed by atoms with Crippen LogP contribution in [0.5, 0.6) is 0 Å². The maximum atomic E-state index is 12.3. The van der Waals surface area contributed by atoms with E-state index in [9.17, 15) is 4.79 Å². The van der Waals surface area contributed by atoms with Crippen LogP contribution in [0.4, 0.5) is 0 Å². The first-order valence-corrected chi connectivity index (χ1v) is 6.00. The van der Waals surface area contributed by atoms with Crippen LogP contribution < -0.4 is 5.73 Å². The summed E-state index contributed by atoms with van der Waals surface area (Å²) in [6, 6.07) is 0.148. The Hall–Kier alpha value is -0.680. The Labute approximate surface area is 102 Å². The monoisotopic (exact) mass is 244 g/mol. The number of morpholine rings is 1. The third kappa shape index (κ3) is 2.52. The van der Waals surface area contributed by atoms with Crippen LogP contribution in [0.2, 0.25) is 0 Å². The lowest BCUT2D eigenvalue weighted by Gasteiger charge is -2.39. The molecule has 1 atom stereocenters. The van der Waals surface area contributed by atoms with Gasteiger partial charge in [0.2, 0.25) is 5.91 Å². The number of rotatable bonds is 3. The Morgan fingerprint density at radius 2 is 2.25 bits per heavy atom. The van der Waals surface area contributed by atoms with Crippen molar-refractivity contribution in [2.45, 2.75) is 33.2 Å². The van der Waals surface area contributed by atoms with Gasteiger partial charge in [-0.05, 0) is 20.3 Å². The normalized spacial score (nSPS) is 21.9. The molecular formula is C11H20N2O2S. The molecule has 0 radical (unpaired) electrons. The molecule has 0 spiro atoms. The van der Waals surface area contributed by atoms with Crippen LogP contribution in [-0.2, 0) is 9.53 Å². The molecule has 1 saturated heterocycles. The molecule has 1 aliphatic heterocycles. The summed E-state index contributed by atoms with van der Waals surface area (Å²) in [4.78, 5) is 14.4. The third-order valence-electron chi connectivity index (χ3n) is 3.11. The van der Waals surface area contributed by atoms with Crippen molar-refractivity contribution in [2.75, 3.05) is 19.8 Å². The molecule has 0 aromatic rings. The fourth-order valence-corrected chi connectivity index (χ4v) is 1.81. The van der Waals surface area contributed by atoms with E-state index in [0.29, 0.717) is 19.8 Å². The number of amides is 1. The van der Waals surface area contributed by atoms with E-state index in [1.165, 1.54) is 0 Å². The van der Waals surface area contributed by atoms with E-state index in [1.807, 2.05) is 11.8 Å². The van der Waals surface area contributed by atoms with Crippen LogP contribution in [-0.4, -0.2) is 41.6 Å². The number of hydrogen-bond acceptors (Lipinski definition) is 3. The second-order valence-electron chi connectivity index (χ2n) is 4.62. The van der Waals surface area contributed by atoms with E-state index in [0.717, 1.165) is 6.42 Å². The molecule has 0 bridgehead atoms. The van der Waals surface area contributed by atoms with Gasteiger partial charge in [0.15, 0.2) is 0 Å². The van der Waals surface area contributed by atoms with Gasteiger partial charge in [-0.1, -0.05) is 19.1 Å². The Kier molecular flexibility index (Phi) is 4.27. The average molecular weight is 244 g/mol. The van der Waals surface area contributed by atoms with Gasteiger partial charge < -0.3 is 15.4 Å². The number of nitrogens with two attached hydrogens (primary N) is 1. The summed E-state index contributed by atoms with van der Waals surface area (Å²) in [5, 5.41) is 0. The molecule has 5 heteroatoms. The number of nitrogens with zero attached hydrogens (tertiary/aromatic N) is 1. The van der Waals surface area contributed by atoms with Crippen LogP contribution in [0.25, 0.3) is 0 Å². The minimum Gasteiger partial charge on any atom is -0.392 e. The minimum absolute atomic E-state index is 0.00940. The van der Waals surface area contributed by atoms with Gasteiger partial charge in [0.25, 0.3) is 0 Å². The largest absolute Gasteiger partial charge is 0.392 e. The topological polar surface area (TPSA) is 55.6 Å². The number of carbonyl (C=O) groups is 1. The summed E-state index contributed by atoms with van der Waals surface area (Å²) in [5.74, 6) is 0.00940. The highest BCUT2D eigenvalue weighted by Gasteiger charge is 2.38. The lowest BCUT2D eigenvalue weighted by molar-refractivity contribution is -0.145. The van der Waals surface area contributed by atoms with E-state index in [2.05, 4.69) is 0 Å². The maximum absolute atomic E-state index is 12.3. The number of thiocarbonyl (C=S) groups is 1.